The Morgan fingerprint density at radius 3 is 2.60 bits per heavy atom. The molecule has 2 amide bonds. The van der Waals surface area contributed by atoms with Gasteiger partial charge in [-0.15, -0.1) is 0 Å². The molecule has 1 fully saturated rings. The fraction of sp³-hybridized carbons (Fsp3) is 0.643. The molecule has 1 saturated heterocycles. The monoisotopic (exact) mass is 278 g/mol. The van der Waals surface area contributed by atoms with E-state index >= 15 is 0 Å². The Morgan fingerprint density at radius 2 is 2.05 bits per heavy atom. The predicted octanol–water partition coefficient (Wildman–Crippen LogP) is 0.827. The van der Waals surface area contributed by atoms with Crippen molar-refractivity contribution in [2.75, 3.05) is 6.54 Å². The lowest BCUT2D eigenvalue weighted by Gasteiger charge is -2.33. The summed E-state index contributed by atoms with van der Waals surface area (Å²) in [6.07, 6.45) is 5.12. The van der Waals surface area contributed by atoms with Crippen LogP contribution in [0.3, 0.4) is 0 Å². The van der Waals surface area contributed by atoms with E-state index in [4.69, 9.17) is 0 Å². The van der Waals surface area contributed by atoms with E-state index in [1.54, 1.807) is 11.1 Å². The molecule has 6 heteroatoms. The third-order valence-electron chi connectivity index (χ3n) is 4.14. The smallest absolute Gasteiger partial charge is 0.248 e. The van der Waals surface area contributed by atoms with Gasteiger partial charge in [-0.2, -0.15) is 0 Å². The van der Waals surface area contributed by atoms with E-state index in [1.165, 1.54) is 0 Å². The van der Waals surface area contributed by atoms with Crippen LogP contribution in [-0.2, 0) is 23.2 Å². The SMILES string of the molecule is CCC1(CC)NC(=O)CCN(Cc2nccn2C)C1=O. The lowest BCUT2D eigenvalue weighted by molar-refractivity contribution is -0.139. The lowest BCUT2D eigenvalue weighted by Crippen LogP contribution is -2.56. The minimum Gasteiger partial charge on any atom is -0.342 e. The van der Waals surface area contributed by atoms with Gasteiger partial charge in [-0.05, 0) is 12.8 Å². The predicted molar refractivity (Wildman–Crippen MR) is 74.7 cm³/mol. The highest BCUT2D eigenvalue weighted by molar-refractivity contribution is 5.93. The number of hydrogen-bond acceptors (Lipinski definition) is 3. The van der Waals surface area contributed by atoms with E-state index in [2.05, 4.69) is 10.3 Å². The molecule has 1 aromatic heterocycles. The number of carbonyl (C=O) groups excluding carboxylic acids is 2. The fourth-order valence-electron chi connectivity index (χ4n) is 2.62. The largest absolute Gasteiger partial charge is 0.342 e. The van der Waals surface area contributed by atoms with Crippen LogP contribution in [0.1, 0.15) is 38.9 Å². The van der Waals surface area contributed by atoms with Gasteiger partial charge in [0, 0.05) is 32.4 Å². The molecule has 0 aromatic carbocycles. The van der Waals surface area contributed by atoms with Crippen LogP contribution in [0.2, 0.25) is 0 Å². The number of rotatable bonds is 4. The fourth-order valence-corrected chi connectivity index (χ4v) is 2.62. The molecular formula is C14H22N4O2. The molecule has 2 rings (SSSR count). The van der Waals surface area contributed by atoms with Gasteiger partial charge in [0.05, 0.1) is 6.54 Å². The molecule has 0 spiro atoms. The molecule has 110 valence electrons. The van der Waals surface area contributed by atoms with Crippen LogP contribution < -0.4 is 5.32 Å². The molecular weight excluding hydrogens is 256 g/mol. The van der Waals surface area contributed by atoms with Crippen molar-refractivity contribution >= 4 is 11.8 Å². The van der Waals surface area contributed by atoms with Gasteiger partial charge in [0.2, 0.25) is 11.8 Å². The summed E-state index contributed by atoms with van der Waals surface area (Å²) >= 11 is 0. The third kappa shape index (κ3) is 2.55. The molecule has 1 N–H and O–H groups in total. The van der Waals surface area contributed by atoms with Crippen LogP contribution in [0.15, 0.2) is 12.4 Å². The molecule has 1 aliphatic rings. The molecule has 0 bridgehead atoms. The number of aryl methyl sites for hydroxylation is 1. The number of amides is 2. The standard InChI is InChI=1S/C14H22N4O2/c1-4-14(5-2)13(20)18(8-6-12(19)16-14)10-11-15-7-9-17(11)3/h7,9H,4-6,8,10H2,1-3H3,(H,16,19). The Hall–Kier alpha value is -1.85. The maximum atomic E-state index is 12.8. The van der Waals surface area contributed by atoms with E-state index in [0.717, 1.165) is 5.82 Å². The molecule has 20 heavy (non-hydrogen) atoms. The van der Waals surface area contributed by atoms with Gasteiger partial charge in [0.1, 0.15) is 11.4 Å². The van der Waals surface area contributed by atoms with Gasteiger partial charge < -0.3 is 14.8 Å². The average Bonchev–Trinajstić information content (AvgIpc) is 2.80. The second-order valence-corrected chi connectivity index (χ2v) is 5.27. The maximum absolute atomic E-state index is 12.8. The molecule has 2 heterocycles. The van der Waals surface area contributed by atoms with Gasteiger partial charge >= 0.3 is 0 Å². The van der Waals surface area contributed by atoms with Crippen molar-refractivity contribution in [3.8, 4) is 0 Å². The van der Waals surface area contributed by atoms with E-state index in [-0.39, 0.29) is 11.8 Å². The second-order valence-electron chi connectivity index (χ2n) is 5.27. The number of hydrogen-bond donors (Lipinski definition) is 1. The van der Waals surface area contributed by atoms with E-state index in [9.17, 15) is 9.59 Å². The summed E-state index contributed by atoms with van der Waals surface area (Å²) in [5.41, 5.74) is -0.765. The highest BCUT2D eigenvalue weighted by atomic mass is 16.2. The number of imidazole rings is 1. The molecule has 6 nitrogen and oxygen atoms in total. The molecule has 0 saturated carbocycles. The first-order chi connectivity index (χ1) is 9.52. The van der Waals surface area contributed by atoms with E-state index < -0.39 is 5.54 Å². The Bertz CT molecular complexity index is 505. The average molecular weight is 278 g/mol. The van der Waals surface area contributed by atoms with Crippen LogP contribution in [0.4, 0.5) is 0 Å². The summed E-state index contributed by atoms with van der Waals surface area (Å²) in [6, 6.07) is 0. The summed E-state index contributed by atoms with van der Waals surface area (Å²) < 4.78 is 1.90. The number of carbonyl (C=O) groups is 2. The van der Waals surface area contributed by atoms with Crippen molar-refractivity contribution in [2.24, 2.45) is 7.05 Å². The Morgan fingerprint density at radius 1 is 1.35 bits per heavy atom. The minimum absolute atomic E-state index is 0.00338. The lowest BCUT2D eigenvalue weighted by atomic mass is 9.91. The Kier molecular flexibility index (Phi) is 4.11. The van der Waals surface area contributed by atoms with Gasteiger partial charge in [-0.3, -0.25) is 9.59 Å². The highest BCUT2D eigenvalue weighted by Crippen LogP contribution is 2.22. The zero-order valence-corrected chi connectivity index (χ0v) is 12.3. The topological polar surface area (TPSA) is 67.2 Å². The van der Waals surface area contributed by atoms with Gasteiger partial charge in [-0.25, -0.2) is 4.98 Å². The van der Waals surface area contributed by atoms with Crippen LogP contribution in [-0.4, -0.2) is 38.3 Å². The third-order valence-corrected chi connectivity index (χ3v) is 4.14. The normalized spacial score (nSPS) is 18.9. The van der Waals surface area contributed by atoms with Crippen molar-refractivity contribution in [1.82, 2.24) is 19.8 Å². The summed E-state index contributed by atoms with van der Waals surface area (Å²) in [7, 11) is 1.90. The van der Waals surface area contributed by atoms with Gasteiger partial charge in [-0.1, -0.05) is 13.8 Å². The molecule has 0 aliphatic carbocycles. The second kappa shape index (κ2) is 5.64. The van der Waals surface area contributed by atoms with Crippen molar-refractivity contribution in [3.63, 3.8) is 0 Å². The van der Waals surface area contributed by atoms with Crippen LogP contribution in [0.25, 0.3) is 0 Å². The number of aromatic nitrogens is 2. The van der Waals surface area contributed by atoms with Crippen molar-refractivity contribution in [2.45, 2.75) is 45.2 Å². The van der Waals surface area contributed by atoms with Crippen molar-refractivity contribution in [3.05, 3.63) is 18.2 Å². The highest BCUT2D eigenvalue weighted by Gasteiger charge is 2.41. The van der Waals surface area contributed by atoms with Crippen molar-refractivity contribution in [1.29, 1.82) is 0 Å². The molecule has 1 aromatic rings. The Balaban J connectivity index is 2.26. The summed E-state index contributed by atoms with van der Waals surface area (Å²) in [5, 5.41) is 2.91. The Labute approximate surface area is 119 Å². The van der Waals surface area contributed by atoms with Crippen LogP contribution in [0, 0.1) is 0 Å². The zero-order chi connectivity index (χ0) is 14.8. The molecule has 0 unspecified atom stereocenters. The molecule has 0 atom stereocenters. The van der Waals surface area contributed by atoms with Crippen molar-refractivity contribution < 1.29 is 9.59 Å². The first-order valence-electron chi connectivity index (χ1n) is 7.09. The first kappa shape index (κ1) is 14.6. The summed E-state index contributed by atoms with van der Waals surface area (Å²) in [6.45, 7) is 4.76. The van der Waals surface area contributed by atoms with E-state index in [0.29, 0.717) is 32.4 Å². The van der Waals surface area contributed by atoms with Gasteiger partial charge in [0.15, 0.2) is 0 Å². The number of nitrogens with zero attached hydrogens (tertiary/aromatic N) is 3. The maximum Gasteiger partial charge on any atom is 0.248 e. The van der Waals surface area contributed by atoms with Crippen LogP contribution in [0.5, 0.6) is 0 Å². The quantitative estimate of drug-likeness (QED) is 0.887. The summed E-state index contributed by atoms with van der Waals surface area (Å²) in [4.78, 5) is 30.7. The molecule has 1 aliphatic heterocycles. The zero-order valence-electron chi connectivity index (χ0n) is 12.3. The summed E-state index contributed by atoms with van der Waals surface area (Å²) in [5.74, 6) is 0.773. The first-order valence-corrected chi connectivity index (χ1v) is 7.09. The van der Waals surface area contributed by atoms with Gasteiger partial charge in [0.25, 0.3) is 0 Å². The number of nitrogens with one attached hydrogen (secondary N) is 1. The van der Waals surface area contributed by atoms with Crippen LogP contribution >= 0.6 is 0 Å². The van der Waals surface area contributed by atoms with E-state index in [1.807, 2.05) is 31.7 Å². The molecule has 0 radical (unpaired) electrons. The minimum atomic E-state index is -0.765.